The van der Waals surface area contributed by atoms with Gasteiger partial charge >= 0.3 is 5.97 Å². The Labute approximate surface area is 164 Å². The lowest BCUT2D eigenvalue weighted by Gasteiger charge is -2.36. The zero-order valence-corrected chi connectivity index (χ0v) is 16.2. The quantitative estimate of drug-likeness (QED) is 0.772. The zero-order chi connectivity index (χ0) is 19.9. The molecular weight excluding hydrogens is 358 g/mol. The first-order valence-corrected chi connectivity index (χ1v) is 9.38. The third-order valence-corrected chi connectivity index (χ3v) is 5.88. The van der Waals surface area contributed by atoms with Crippen LogP contribution in [0, 0.1) is 12.3 Å². The van der Waals surface area contributed by atoms with Crippen LogP contribution in [-0.4, -0.2) is 52.6 Å². The Morgan fingerprint density at radius 3 is 3.07 bits per heavy atom. The maximum absolute atomic E-state index is 12.3. The van der Waals surface area contributed by atoms with Crippen molar-refractivity contribution in [2.45, 2.75) is 25.9 Å². The Bertz CT molecular complexity index is 922. The van der Waals surface area contributed by atoms with Crippen LogP contribution in [0.1, 0.15) is 22.7 Å². The Morgan fingerprint density at radius 1 is 1.54 bits per heavy atom. The largest absolute Gasteiger partial charge is 0.493 e. The minimum Gasteiger partial charge on any atom is -0.493 e. The summed E-state index contributed by atoms with van der Waals surface area (Å²) in [5, 5.41) is 14.6. The molecular formula is C21H25N3O4. The minimum absolute atomic E-state index is 0.144. The lowest BCUT2D eigenvalue weighted by Crippen LogP contribution is -2.45. The molecule has 2 aliphatic heterocycles. The van der Waals surface area contributed by atoms with Crippen LogP contribution in [0.3, 0.4) is 0 Å². The van der Waals surface area contributed by atoms with Gasteiger partial charge in [-0.1, -0.05) is 18.2 Å². The molecule has 0 saturated carbocycles. The number of ether oxygens (including phenoxy) is 2. The Morgan fingerprint density at radius 2 is 2.36 bits per heavy atom. The number of carboxylic acids is 1. The van der Waals surface area contributed by atoms with Gasteiger partial charge in [-0.3, -0.25) is 14.4 Å². The summed E-state index contributed by atoms with van der Waals surface area (Å²) in [4.78, 5) is 14.5. The van der Waals surface area contributed by atoms with Crippen LogP contribution in [0.5, 0.6) is 11.5 Å². The third-order valence-electron chi connectivity index (χ3n) is 5.88. The van der Waals surface area contributed by atoms with Crippen molar-refractivity contribution in [1.82, 2.24) is 14.7 Å². The molecule has 148 valence electrons. The van der Waals surface area contributed by atoms with Crippen LogP contribution >= 0.6 is 0 Å². The second kappa shape index (κ2) is 6.98. The van der Waals surface area contributed by atoms with E-state index in [2.05, 4.69) is 16.6 Å². The number of rotatable bonds is 6. The van der Waals surface area contributed by atoms with Crippen molar-refractivity contribution in [1.29, 1.82) is 0 Å². The topological polar surface area (TPSA) is 76.8 Å². The molecule has 0 aliphatic carbocycles. The van der Waals surface area contributed by atoms with Crippen LogP contribution in [0.2, 0.25) is 0 Å². The Hall–Kier alpha value is -2.80. The molecule has 4 rings (SSSR count). The molecule has 0 spiro atoms. The van der Waals surface area contributed by atoms with E-state index in [9.17, 15) is 9.90 Å². The minimum atomic E-state index is -0.954. The van der Waals surface area contributed by atoms with Crippen molar-refractivity contribution in [3.8, 4) is 11.5 Å². The number of fused-ring (bicyclic) bond motifs is 3. The predicted octanol–water partition coefficient (Wildman–Crippen LogP) is 2.45. The fraction of sp³-hybridized carbons (Fsp3) is 0.429. The molecule has 2 aromatic rings. The van der Waals surface area contributed by atoms with E-state index in [-0.39, 0.29) is 12.5 Å². The van der Waals surface area contributed by atoms with Crippen molar-refractivity contribution in [2.24, 2.45) is 5.41 Å². The van der Waals surface area contributed by atoms with Crippen molar-refractivity contribution in [3.05, 3.63) is 53.9 Å². The van der Waals surface area contributed by atoms with E-state index < -0.39 is 11.4 Å². The number of aryl methyl sites for hydroxylation is 1. The number of aliphatic carboxylic acids is 1. The Balaban J connectivity index is 1.65. The van der Waals surface area contributed by atoms with E-state index in [0.29, 0.717) is 37.7 Å². The average Bonchev–Trinajstić information content (AvgIpc) is 3.22. The second-order valence-corrected chi connectivity index (χ2v) is 7.60. The molecule has 2 atom stereocenters. The van der Waals surface area contributed by atoms with Crippen molar-refractivity contribution < 1.29 is 19.4 Å². The highest BCUT2D eigenvalue weighted by Crippen LogP contribution is 2.52. The summed E-state index contributed by atoms with van der Waals surface area (Å²) in [6, 6.07) is 5.69. The van der Waals surface area contributed by atoms with E-state index in [1.807, 2.05) is 42.1 Å². The molecule has 0 amide bonds. The number of aromatic nitrogens is 2. The lowest BCUT2D eigenvalue weighted by molar-refractivity contribution is -0.152. The molecule has 1 aromatic heterocycles. The van der Waals surface area contributed by atoms with Gasteiger partial charge in [0.2, 0.25) is 0 Å². The first kappa shape index (κ1) is 18.6. The fourth-order valence-electron chi connectivity index (χ4n) is 4.45. The summed E-state index contributed by atoms with van der Waals surface area (Å²) >= 11 is 0. The molecule has 1 fully saturated rings. The molecule has 7 heteroatoms. The monoisotopic (exact) mass is 383 g/mol. The molecule has 0 bridgehead atoms. The van der Waals surface area contributed by atoms with Crippen LogP contribution < -0.4 is 9.47 Å². The molecule has 1 aromatic carbocycles. The van der Waals surface area contributed by atoms with Gasteiger partial charge in [0.25, 0.3) is 0 Å². The SMILES string of the molecule is C=CCn1cc(CN2CC3c4cccc(OC)c4OC[C@]3(C(=O)O)C2)c(C)n1. The number of methoxy groups -OCH3 is 1. The van der Waals surface area contributed by atoms with Gasteiger partial charge < -0.3 is 14.6 Å². The van der Waals surface area contributed by atoms with E-state index >= 15 is 0 Å². The average molecular weight is 383 g/mol. The van der Waals surface area contributed by atoms with Gasteiger partial charge in [0.15, 0.2) is 11.5 Å². The van der Waals surface area contributed by atoms with Gasteiger partial charge in [-0.05, 0) is 13.0 Å². The smallest absolute Gasteiger partial charge is 0.315 e. The summed E-state index contributed by atoms with van der Waals surface area (Å²) in [6.07, 6.45) is 3.82. The molecule has 1 saturated heterocycles. The fourth-order valence-corrected chi connectivity index (χ4v) is 4.45. The van der Waals surface area contributed by atoms with Crippen LogP contribution in [-0.2, 0) is 17.9 Å². The van der Waals surface area contributed by atoms with E-state index in [1.54, 1.807) is 7.11 Å². The van der Waals surface area contributed by atoms with E-state index in [4.69, 9.17) is 9.47 Å². The number of hydrogen-bond acceptors (Lipinski definition) is 5. The number of likely N-dealkylation sites (tertiary alicyclic amines) is 1. The highest BCUT2D eigenvalue weighted by atomic mass is 16.5. The van der Waals surface area contributed by atoms with Crippen molar-refractivity contribution in [2.75, 3.05) is 26.8 Å². The number of carbonyl (C=O) groups is 1. The molecule has 0 radical (unpaired) electrons. The summed E-state index contributed by atoms with van der Waals surface area (Å²) < 4.78 is 13.2. The first-order valence-electron chi connectivity index (χ1n) is 9.38. The molecule has 7 nitrogen and oxygen atoms in total. The molecule has 28 heavy (non-hydrogen) atoms. The maximum Gasteiger partial charge on any atom is 0.315 e. The third kappa shape index (κ3) is 2.86. The number of allylic oxidation sites excluding steroid dienone is 1. The normalized spacial score (nSPS) is 23.6. The van der Waals surface area contributed by atoms with Gasteiger partial charge in [-0.2, -0.15) is 5.10 Å². The van der Waals surface area contributed by atoms with Crippen LogP contribution in [0.25, 0.3) is 0 Å². The maximum atomic E-state index is 12.3. The summed E-state index contributed by atoms with van der Waals surface area (Å²) in [5.74, 6) is 0.361. The molecule has 1 unspecified atom stereocenters. The highest BCUT2D eigenvalue weighted by Gasteiger charge is 2.56. The van der Waals surface area contributed by atoms with Crippen LogP contribution in [0.4, 0.5) is 0 Å². The van der Waals surface area contributed by atoms with Gasteiger partial charge in [0.1, 0.15) is 12.0 Å². The van der Waals surface area contributed by atoms with Crippen molar-refractivity contribution in [3.63, 3.8) is 0 Å². The number of carboxylic acid groups (broad SMARTS) is 1. The molecule has 3 heterocycles. The van der Waals surface area contributed by atoms with E-state index in [1.165, 1.54) is 0 Å². The van der Waals surface area contributed by atoms with Crippen molar-refractivity contribution >= 4 is 5.97 Å². The standard InChI is InChI=1S/C21H25N3O4/c1-4-8-24-10-15(14(2)22-24)9-23-11-17-16-6-5-7-18(27-3)19(16)28-13-21(17,12-23)20(25)26/h4-7,10,17H,1,8-9,11-13H2,2-3H3,(H,25,26)/t17?,21-/m1/s1. The number of para-hydroxylation sites is 1. The van der Waals surface area contributed by atoms with Gasteiger partial charge in [0, 0.05) is 42.9 Å². The number of nitrogens with zero attached hydrogens (tertiary/aromatic N) is 3. The number of benzene rings is 1. The van der Waals surface area contributed by atoms with E-state index in [0.717, 1.165) is 16.8 Å². The van der Waals surface area contributed by atoms with Gasteiger partial charge in [0.05, 0.1) is 19.3 Å². The summed E-state index contributed by atoms with van der Waals surface area (Å²) in [7, 11) is 1.60. The molecule has 1 N–H and O–H groups in total. The highest BCUT2D eigenvalue weighted by molar-refractivity contribution is 5.79. The summed E-state index contributed by atoms with van der Waals surface area (Å²) in [5.41, 5.74) is 2.02. The zero-order valence-electron chi connectivity index (χ0n) is 16.2. The summed E-state index contributed by atoms with van der Waals surface area (Å²) in [6.45, 7) is 8.29. The van der Waals surface area contributed by atoms with Gasteiger partial charge in [-0.15, -0.1) is 6.58 Å². The molecule has 2 aliphatic rings. The van der Waals surface area contributed by atoms with Crippen LogP contribution in [0.15, 0.2) is 37.1 Å². The Kier molecular flexibility index (Phi) is 4.63. The second-order valence-electron chi connectivity index (χ2n) is 7.60. The van der Waals surface area contributed by atoms with Gasteiger partial charge in [-0.25, -0.2) is 0 Å². The number of hydrogen-bond donors (Lipinski definition) is 1. The lowest BCUT2D eigenvalue weighted by atomic mass is 9.73. The predicted molar refractivity (Wildman–Crippen MR) is 104 cm³/mol. The first-order chi connectivity index (χ1) is 13.5.